The molecule has 1 aromatic carbocycles. The molecule has 20 heavy (non-hydrogen) atoms. The van der Waals surface area contributed by atoms with Gasteiger partial charge in [0.2, 0.25) is 0 Å². The zero-order chi connectivity index (χ0) is 14.1. The lowest BCUT2D eigenvalue weighted by Crippen LogP contribution is -2.50. The van der Waals surface area contributed by atoms with Gasteiger partial charge in [-0.1, -0.05) is 6.07 Å². The molecular weight excluding hydrogens is 252 g/mol. The monoisotopic (exact) mass is 274 g/mol. The van der Waals surface area contributed by atoms with Crippen molar-refractivity contribution < 1.29 is 9.53 Å². The predicted molar refractivity (Wildman–Crippen MR) is 79.3 cm³/mol. The van der Waals surface area contributed by atoms with Crippen LogP contribution in [0.15, 0.2) is 18.2 Å². The molecule has 2 heterocycles. The summed E-state index contributed by atoms with van der Waals surface area (Å²) in [4.78, 5) is 16.8. The van der Waals surface area contributed by atoms with Crippen molar-refractivity contribution in [2.45, 2.75) is 25.8 Å². The van der Waals surface area contributed by atoms with Crippen LogP contribution >= 0.6 is 0 Å². The van der Waals surface area contributed by atoms with E-state index in [1.807, 2.05) is 19.1 Å². The van der Waals surface area contributed by atoms with E-state index in [9.17, 15) is 4.79 Å². The first-order chi connectivity index (χ1) is 9.69. The molecule has 1 atom stereocenters. The van der Waals surface area contributed by atoms with Gasteiger partial charge in [-0.25, -0.2) is 4.79 Å². The average molecular weight is 274 g/mol. The van der Waals surface area contributed by atoms with E-state index in [0.717, 1.165) is 30.9 Å². The van der Waals surface area contributed by atoms with Crippen LogP contribution in [0.2, 0.25) is 0 Å². The molecule has 0 spiro atoms. The summed E-state index contributed by atoms with van der Waals surface area (Å²) in [5.74, 6) is -0.246. The Balaban J connectivity index is 1.81. The van der Waals surface area contributed by atoms with E-state index in [2.05, 4.69) is 15.9 Å². The highest BCUT2D eigenvalue weighted by Gasteiger charge is 2.30. The van der Waals surface area contributed by atoms with Crippen molar-refractivity contribution in [2.75, 3.05) is 38.2 Å². The van der Waals surface area contributed by atoms with E-state index in [4.69, 9.17) is 4.74 Å². The zero-order valence-electron chi connectivity index (χ0n) is 12.3. The number of carbonyl (C=O) groups excluding carboxylic acids is 1. The molecule has 4 nitrogen and oxygen atoms in total. The fourth-order valence-electron chi connectivity index (χ4n) is 3.36. The van der Waals surface area contributed by atoms with E-state index in [1.54, 1.807) is 0 Å². The second-order valence-electron chi connectivity index (χ2n) is 5.77. The third-order valence-corrected chi connectivity index (χ3v) is 4.58. The number of fused-ring (bicyclic) bond motifs is 1. The first-order valence-corrected chi connectivity index (χ1v) is 7.37. The fraction of sp³-hybridized carbons (Fsp3) is 0.562. The van der Waals surface area contributed by atoms with E-state index in [0.29, 0.717) is 11.6 Å². The number of carbonyl (C=O) groups is 1. The number of rotatable bonds is 2. The minimum Gasteiger partial charge on any atom is -0.465 e. The van der Waals surface area contributed by atoms with Crippen LogP contribution in [0.1, 0.15) is 28.8 Å². The molecule has 0 N–H and O–H groups in total. The number of nitrogens with zero attached hydrogens (tertiary/aromatic N) is 2. The van der Waals surface area contributed by atoms with E-state index >= 15 is 0 Å². The van der Waals surface area contributed by atoms with E-state index in [1.165, 1.54) is 26.5 Å². The second-order valence-corrected chi connectivity index (χ2v) is 5.77. The number of hydrogen-bond acceptors (Lipinski definition) is 4. The molecule has 0 radical (unpaired) electrons. The molecule has 0 bridgehead atoms. The number of esters is 1. The maximum absolute atomic E-state index is 11.8. The molecule has 4 heteroatoms. The Bertz CT molecular complexity index is 515. The Morgan fingerprint density at radius 1 is 1.30 bits per heavy atom. The van der Waals surface area contributed by atoms with Crippen molar-refractivity contribution in [3.63, 3.8) is 0 Å². The standard InChI is InChI=1S/C16H22N2O2/c1-12-5-6-13(10-15(12)16(19)20-2)18-9-8-17-7-3-4-14(17)11-18/h5-6,10,14H,3-4,7-9,11H2,1-2H3/t14-/m0/s1. The van der Waals surface area contributed by atoms with Crippen molar-refractivity contribution in [3.8, 4) is 0 Å². The maximum Gasteiger partial charge on any atom is 0.338 e. The van der Waals surface area contributed by atoms with Gasteiger partial charge in [0.25, 0.3) is 0 Å². The average Bonchev–Trinajstić information content (AvgIpc) is 2.94. The molecule has 0 aromatic heterocycles. The summed E-state index contributed by atoms with van der Waals surface area (Å²) < 4.78 is 4.86. The third kappa shape index (κ3) is 2.40. The molecule has 2 aliphatic heterocycles. The normalized spacial score (nSPS) is 22.7. The fourth-order valence-corrected chi connectivity index (χ4v) is 3.36. The number of piperazine rings is 1. The first-order valence-electron chi connectivity index (χ1n) is 7.37. The Morgan fingerprint density at radius 3 is 2.95 bits per heavy atom. The summed E-state index contributed by atoms with van der Waals surface area (Å²) in [6.45, 7) is 6.45. The van der Waals surface area contributed by atoms with Gasteiger partial charge in [-0.2, -0.15) is 0 Å². The molecule has 2 saturated heterocycles. The topological polar surface area (TPSA) is 32.8 Å². The highest BCUT2D eigenvalue weighted by molar-refractivity contribution is 5.92. The van der Waals surface area contributed by atoms with Gasteiger partial charge in [-0.15, -0.1) is 0 Å². The lowest BCUT2D eigenvalue weighted by molar-refractivity contribution is 0.0600. The van der Waals surface area contributed by atoms with Crippen molar-refractivity contribution in [1.82, 2.24) is 4.90 Å². The van der Waals surface area contributed by atoms with Crippen LogP contribution < -0.4 is 4.90 Å². The summed E-state index contributed by atoms with van der Waals surface area (Å²) in [7, 11) is 1.44. The molecule has 3 rings (SSSR count). The van der Waals surface area contributed by atoms with Crippen molar-refractivity contribution >= 4 is 11.7 Å². The lowest BCUT2D eigenvalue weighted by Gasteiger charge is -2.39. The number of benzene rings is 1. The van der Waals surface area contributed by atoms with Gasteiger partial charge in [0, 0.05) is 31.4 Å². The van der Waals surface area contributed by atoms with E-state index < -0.39 is 0 Å². The van der Waals surface area contributed by atoms with Gasteiger partial charge in [0.1, 0.15) is 0 Å². The predicted octanol–water partition coefficient (Wildman–Crippen LogP) is 2.07. The molecule has 2 aliphatic rings. The van der Waals surface area contributed by atoms with Crippen molar-refractivity contribution in [3.05, 3.63) is 29.3 Å². The minimum absolute atomic E-state index is 0.246. The van der Waals surface area contributed by atoms with Crippen LogP contribution in [0.4, 0.5) is 5.69 Å². The van der Waals surface area contributed by atoms with Crippen LogP contribution in [-0.2, 0) is 4.74 Å². The minimum atomic E-state index is -0.246. The summed E-state index contributed by atoms with van der Waals surface area (Å²) in [5.41, 5.74) is 2.79. The maximum atomic E-state index is 11.8. The van der Waals surface area contributed by atoms with Crippen LogP contribution in [0, 0.1) is 6.92 Å². The molecule has 0 amide bonds. The lowest BCUT2D eigenvalue weighted by atomic mass is 10.1. The van der Waals surface area contributed by atoms with Crippen molar-refractivity contribution in [2.24, 2.45) is 0 Å². The van der Waals surface area contributed by atoms with Crippen molar-refractivity contribution in [1.29, 1.82) is 0 Å². The van der Waals surface area contributed by atoms with E-state index in [-0.39, 0.29) is 5.97 Å². The van der Waals surface area contributed by atoms with Crippen LogP contribution in [0.5, 0.6) is 0 Å². The van der Waals surface area contributed by atoms with Gasteiger partial charge in [0.15, 0.2) is 0 Å². The summed E-state index contributed by atoms with van der Waals surface area (Å²) >= 11 is 0. The van der Waals surface area contributed by atoms with Crippen LogP contribution in [0.25, 0.3) is 0 Å². The number of aryl methyl sites for hydroxylation is 1. The number of hydrogen-bond donors (Lipinski definition) is 0. The molecular formula is C16H22N2O2. The Kier molecular flexibility index (Phi) is 3.66. The van der Waals surface area contributed by atoms with Gasteiger partial charge in [0.05, 0.1) is 12.7 Å². The molecule has 1 aromatic rings. The summed E-state index contributed by atoms with van der Waals surface area (Å²) in [5, 5.41) is 0. The molecule has 0 aliphatic carbocycles. The van der Waals surface area contributed by atoms with Gasteiger partial charge in [-0.05, 0) is 44.0 Å². The van der Waals surface area contributed by atoms with Crippen LogP contribution in [-0.4, -0.2) is 50.2 Å². The Hall–Kier alpha value is -1.55. The molecule has 0 unspecified atom stereocenters. The van der Waals surface area contributed by atoms with Gasteiger partial charge >= 0.3 is 5.97 Å². The Morgan fingerprint density at radius 2 is 2.15 bits per heavy atom. The smallest absolute Gasteiger partial charge is 0.338 e. The van der Waals surface area contributed by atoms with Gasteiger partial charge < -0.3 is 9.64 Å². The summed E-state index contributed by atoms with van der Waals surface area (Å²) in [6, 6.07) is 6.80. The number of anilines is 1. The largest absolute Gasteiger partial charge is 0.465 e. The van der Waals surface area contributed by atoms with Gasteiger partial charge in [-0.3, -0.25) is 4.90 Å². The number of methoxy groups -OCH3 is 1. The first kappa shape index (κ1) is 13.4. The Labute approximate surface area is 120 Å². The zero-order valence-corrected chi connectivity index (χ0v) is 12.3. The molecule has 0 saturated carbocycles. The van der Waals surface area contributed by atoms with Crippen LogP contribution in [0.3, 0.4) is 0 Å². The molecule has 108 valence electrons. The highest BCUT2D eigenvalue weighted by atomic mass is 16.5. The third-order valence-electron chi connectivity index (χ3n) is 4.58. The SMILES string of the molecule is COC(=O)c1cc(N2CCN3CCC[C@H]3C2)ccc1C. The molecule has 2 fully saturated rings. The number of ether oxygens (including phenoxy) is 1. The quantitative estimate of drug-likeness (QED) is 0.773. The second kappa shape index (κ2) is 5.44. The summed E-state index contributed by atoms with van der Waals surface area (Å²) in [6.07, 6.45) is 2.62. The highest BCUT2D eigenvalue weighted by Crippen LogP contribution is 2.27.